The first-order chi connectivity index (χ1) is 15.7. The number of hydrazone groups is 1. The fourth-order valence-corrected chi connectivity index (χ4v) is 5.03. The van der Waals surface area contributed by atoms with Gasteiger partial charge in [-0.15, -0.1) is 0 Å². The molecule has 8 heteroatoms. The topological polar surface area (TPSA) is 18.8 Å². The Kier molecular flexibility index (Phi) is 5.47. The smallest absolute Gasteiger partial charge is 0.371 e. The summed E-state index contributed by atoms with van der Waals surface area (Å²) in [5, 5.41) is 5.90. The van der Waals surface area contributed by atoms with Crippen LogP contribution in [0.3, 0.4) is 0 Å². The van der Waals surface area contributed by atoms with Crippen LogP contribution in [0.25, 0.3) is 0 Å². The standard InChI is InChI=1S/C25H22ClF4N3/c1-15-18-5-4-6-19(18)24(16-7-10-22(27)21(26)13-16)31-33(15)23-14-17(32-11-2-3-12-32)8-9-20(23)25(28,29)30/h7-10,13-14H,1-6,11-12H2. The summed E-state index contributed by atoms with van der Waals surface area (Å²) in [6.07, 6.45) is -0.251. The van der Waals surface area contributed by atoms with E-state index in [0.717, 1.165) is 61.7 Å². The Bertz CT molecular complexity index is 1190. The molecular formula is C25H22ClF4N3. The first-order valence-electron chi connectivity index (χ1n) is 11.0. The van der Waals surface area contributed by atoms with Gasteiger partial charge in [-0.2, -0.15) is 18.3 Å². The van der Waals surface area contributed by atoms with Crippen LogP contribution >= 0.6 is 11.6 Å². The second-order valence-electron chi connectivity index (χ2n) is 8.54. The molecule has 2 aromatic carbocycles. The van der Waals surface area contributed by atoms with Crippen LogP contribution in [0, 0.1) is 5.82 Å². The molecule has 0 spiro atoms. The van der Waals surface area contributed by atoms with Crippen molar-refractivity contribution in [2.45, 2.75) is 38.3 Å². The minimum absolute atomic E-state index is 0.0546. The Hall–Kier alpha value is -2.80. The maximum atomic E-state index is 14.0. The van der Waals surface area contributed by atoms with Gasteiger partial charge in [-0.1, -0.05) is 18.2 Å². The van der Waals surface area contributed by atoms with E-state index in [-0.39, 0.29) is 10.7 Å². The lowest BCUT2D eigenvalue weighted by atomic mass is 9.96. The molecule has 1 aliphatic carbocycles. The average molecular weight is 476 g/mol. The zero-order valence-electron chi connectivity index (χ0n) is 17.9. The van der Waals surface area contributed by atoms with E-state index in [1.165, 1.54) is 23.2 Å². The number of hydrogen-bond acceptors (Lipinski definition) is 3. The van der Waals surface area contributed by atoms with Crippen molar-refractivity contribution in [1.29, 1.82) is 0 Å². The van der Waals surface area contributed by atoms with Gasteiger partial charge in [0.25, 0.3) is 0 Å². The van der Waals surface area contributed by atoms with E-state index >= 15 is 0 Å². The van der Waals surface area contributed by atoms with Crippen LogP contribution in [0.2, 0.25) is 5.02 Å². The van der Waals surface area contributed by atoms with Gasteiger partial charge in [0, 0.05) is 24.3 Å². The zero-order valence-corrected chi connectivity index (χ0v) is 18.6. The van der Waals surface area contributed by atoms with Crippen LogP contribution in [-0.4, -0.2) is 18.8 Å². The summed E-state index contributed by atoms with van der Waals surface area (Å²) in [5.74, 6) is -0.559. The van der Waals surface area contributed by atoms with Crippen LogP contribution in [0.4, 0.5) is 28.9 Å². The number of benzene rings is 2. The molecule has 0 atom stereocenters. The van der Waals surface area contributed by atoms with Crippen molar-refractivity contribution in [3.05, 3.63) is 81.8 Å². The van der Waals surface area contributed by atoms with E-state index < -0.39 is 17.6 Å². The lowest BCUT2D eigenvalue weighted by Gasteiger charge is -2.32. The van der Waals surface area contributed by atoms with Gasteiger partial charge in [0.1, 0.15) is 5.82 Å². The summed E-state index contributed by atoms with van der Waals surface area (Å²) < 4.78 is 55.9. The molecule has 0 amide bonds. The molecule has 0 N–H and O–H groups in total. The quantitative estimate of drug-likeness (QED) is 0.433. The molecule has 0 unspecified atom stereocenters. The van der Waals surface area contributed by atoms with Gasteiger partial charge in [0.15, 0.2) is 0 Å². The first kappa shape index (κ1) is 22.0. The van der Waals surface area contributed by atoms with E-state index in [4.69, 9.17) is 11.6 Å². The summed E-state index contributed by atoms with van der Waals surface area (Å²) in [7, 11) is 0. The van der Waals surface area contributed by atoms with Gasteiger partial charge >= 0.3 is 6.18 Å². The number of alkyl halides is 3. The van der Waals surface area contributed by atoms with E-state index in [1.54, 1.807) is 12.1 Å². The Morgan fingerprint density at radius 1 is 0.939 bits per heavy atom. The van der Waals surface area contributed by atoms with E-state index in [0.29, 0.717) is 23.4 Å². The van der Waals surface area contributed by atoms with Gasteiger partial charge in [-0.3, -0.25) is 0 Å². The molecule has 33 heavy (non-hydrogen) atoms. The van der Waals surface area contributed by atoms with Crippen molar-refractivity contribution in [2.24, 2.45) is 5.10 Å². The molecule has 3 nitrogen and oxygen atoms in total. The zero-order chi connectivity index (χ0) is 23.3. The highest BCUT2D eigenvalue weighted by molar-refractivity contribution is 6.31. The molecule has 2 heterocycles. The third kappa shape index (κ3) is 3.92. The molecule has 1 fully saturated rings. The van der Waals surface area contributed by atoms with Crippen molar-refractivity contribution in [3.63, 3.8) is 0 Å². The minimum atomic E-state index is -4.56. The summed E-state index contributed by atoms with van der Waals surface area (Å²) in [4.78, 5) is 2.08. The minimum Gasteiger partial charge on any atom is -0.371 e. The van der Waals surface area contributed by atoms with Crippen LogP contribution in [0.15, 0.2) is 64.9 Å². The van der Waals surface area contributed by atoms with Crippen LogP contribution in [-0.2, 0) is 6.18 Å². The molecular weight excluding hydrogens is 454 g/mol. The highest BCUT2D eigenvalue weighted by Gasteiger charge is 2.38. The van der Waals surface area contributed by atoms with Gasteiger partial charge < -0.3 is 4.90 Å². The highest BCUT2D eigenvalue weighted by atomic mass is 35.5. The molecule has 0 radical (unpaired) electrons. The van der Waals surface area contributed by atoms with E-state index in [1.807, 2.05) is 0 Å². The Morgan fingerprint density at radius 3 is 2.36 bits per heavy atom. The average Bonchev–Trinajstić information content (AvgIpc) is 3.48. The Morgan fingerprint density at radius 2 is 1.67 bits per heavy atom. The van der Waals surface area contributed by atoms with Crippen LogP contribution < -0.4 is 9.91 Å². The predicted molar refractivity (Wildman–Crippen MR) is 123 cm³/mol. The summed E-state index contributed by atoms with van der Waals surface area (Å²) in [6, 6.07) is 8.47. The predicted octanol–water partition coefficient (Wildman–Crippen LogP) is 7.32. The molecule has 0 bridgehead atoms. The second-order valence-corrected chi connectivity index (χ2v) is 8.95. The van der Waals surface area contributed by atoms with Gasteiger partial charge in [-0.25, -0.2) is 9.40 Å². The Balaban J connectivity index is 1.67. The number of rotatable bonds is 3. The maximum absolute atomic E-state index is 14.0. The van der Waals surface area contributed by atoms with Crippen LogP contribution in [0.5, 0.6) is 0 Å². The lowest BCUT2D eigenvalue weighted by Crippen LogP contribution is -2.28. The van der Waals surface area contributed by atoms with Gasteiger partial charge in [0.2, 0.25) is 0 Å². The first-order valence-corrected chi connectivity index (χ1v) is 11.3. The SMILES string of the molecule is C=C1C2=C(CCC2)C(c2ccc(F)c(Cl)c2)=NN1c1cc(N2CCCC2)ccc1C(F)(F)F. The Labute approximate surface area is 194 Å². The summed E-state index contributed by atoms with van der Waals surface area (Å²) in [5.41, 5.74) is 3.26. The number of allylic oxidation sites excluding steroid dienone is 2. The van der Waals surface area contributed by atoms with Crippen molar-refractivity contribution in [3.8, 4) is 0 Å². The molecule has 2 aliphatic heterocycles. The fraction of sp³-hybridized carbons (Fsp3) is 0.320. The molecule has 172 valence electrons. The van der Waals surface area contributed by atoms with Crippen molar-refractivity contribution in [2.75, 3.05) is 23.0 Å². The molecule has 1 saturated heterocycles. The second kappa shape index (κ2) is 8.20. The van der Waals surface area contributed by atoms with Gasteiger partial charge in [-0.05, 0) is 79.6 Å². The fourth-order valence-electron chi connectivity index (χ4n) is 4.85. The molecule has 3 aliphatic rings. The van der Waals surface area contributed by atoms with Crippen LogP contribution in [0.1, 0.15) is 43.2 Å². The van der Waals surface area contributed by atoms with Crippen molar-refractivity contribution < 1.29 is 17.6 Å². The van der Waals surface area contributed by atoms with E-state index in [2.05, 4.69) is 16.6 Å². The monoisotopic (exact) mass is 475 g/mol. The molecule has 0 aromatic heterocycles. The third-order valence-corrected chi connectivity index (χ3v) is 6.78. The number of nitrogens with zero attached hydrogens (tertiary/aromatic N) is 3. The molecule has 0 saturated carbocycles. The number of halogens is 5. The molecule has 2 aromatic rings. The summed E-state index contributed by atoms with van der Waals surface area (Å²) >= 11 is 6.01. The van der Waals surface area contributed by atoms with Gasteiger partial charge in [0.05, 0.1) is 27.7 Å². The number of anilines is 2. The van der Waals surface area contributed by atoms with Crippen molar-refractivity contribution in [1.82, 2.24) is 0 Å². The highest BCUT2D eigenvalue weighted by Crippen LogP contribution is 2.45. The largest absolute Gasteiger partial charge is 0.418 e. The van der Waals surface area contributed by atoms with Crippen molar-refractivity contribution >= 4 is 28.7 Å². The maximum Gasteiger partial charge on any atom is 0.418 e. The third-order valence-electron chi connectivity index (χ3n) is 6.49. The normalized spacial score (nSPS) is 18.8. The van der Waals surface area contributed by atoms with E-state index in [9.17, 15) is 17.6 Å². The molecule has 5 rings (SSSR count). The summed E-state index contributed by atoms with van der Waals surface area (Å²) in [6.45, 7) is 5.74. The lowest BCUT2D eigenvalue weighted by molar-refractivity contribution is -0.137. The number of hydrogen-bond donors (Lipinski definition) is 0.